The lowest BCUT2D eigenvalue weighted by Crippen LogP contribution is -2.09. The van der Waals surface area contributed by atoms with E-state index in [0.717, 1.165) is 0 Å². The number of rotatable bonds is 6. The highest BCUT2D eigenvalue weighted by molar-refractivity contribution is 5.68. The Balaban J connectivity index is 3.24. The van der Waals surface area contributed by atoms with Crippen molar-refractivity contribution >= 4 is 5.97 Å². The number of esters is 1. The summed E-state index contributed by atoms with van der Waals surface area (Å²) in [7, 11) is 1.34. The van der Waals surface area contributed by atoms with Crippen LogP contribution in [-0.4, -0.2) is 36.0 Å². The number of carbonyl (C=O) groups is 1. The van der Waals surface area contributed by atoms with Crippen molar-refractivity contribution in [1.29, 1.82) is 0 Å². The van der Waals surface area contributed by atoms with Crippen LogP contribution in [0.15, 0.2) is 0 Å². The predicted molar refractivity (Wildman–Crippen MR) is 43.6 cm³/mol. The van der Waals surface area contributed by atoms with Gasteiger partial charge in [0.2, 0.25) is 0 Å². The van der Waals surface area contributed by atoms with Gasteiger partial charge in [0.25, 0.3) is 0 Å². The predicted octanol–water partition coefficient (Wildman–Crippen LogP) is 0.0730. The summed E-state index contributed by atoms with van der Waals surface area (Å²) in [5.41, 5.74) is 0. The molecule has 0 saturated heterocycles. The van der Waals surface area contributed by atoms with E-state index in [1.54, 1.807) is 0 Å². The van der Waals surface area contributed by atoms with E-state index in [4.69, 9.17) is 10.2 Å². The maximum absolute atomic E-state index is 10.6. The minimum absolute atomic E-state index is 0.0145. The van der Waals surface area contributed by atoms with Gasteiger partial charge in [0.05, 0.1) is 13.2 Å². The van der Waals surface area contributed by atoms with E-state index >= 15 is 0 Å². The molecule has 0 aliphatic heterocycles. The first-order valence-corrected chi connectivity index (χ1v) is 4.06. The highest BCUT2D eigenvalue weighted by atomic mass is 16.5. The quantitative estimate of drug-likeness (QED) is 0.562. The molecule has 0 unspecified atom stereocenters. The summed E-state index contributed by atoms with van der Waals surface area (Å²) in [5.74, 6) is -0.258. The molecule has 0 aliphatic rings. The Morgan fingerprint density at radius 1 is 1.50 bits per heavy atom. The van der Waals surface area contributed by atoms with Gasteiger partial charge in [0.1, 0.15) is 0 Å². The topological polar surface area (TPSA) is 66.8 Å². The molecule has 0 aromatic carbocycles. The first-order valence-electron chi connectivity index (χ1n) is 4.06. The van der Waals surface area contributed by atoms with Crippen molar-refractivity contribution in [2.45, 2.75) is 31.8 Å². The molecule has 4 heteroatoms. The Morgan fingerprint density at radius 3 is 2.67 bits per heavy atom. The number of hydrogen-bond donors (Lipinski definition) is 2. The van der Waals surface area contributed by atoms with E-state index in [9.17, 15) is 4.79 Å². The van der Waals surface area contributed by atoms with Gasteiger partial charge < -0.3 is 14.9 Å². The molecular formula is C8H16O4. The fourth-order valence-corrected chi connectivity index (χ4v) is 0.877. The molecular weight excluding hydrogens is 160 g/mol. The van der Waals surface area contributed by atoms with E-state index in [-0.39, 0.29) is 12.6 Å². The number of methoxy groups -OCH3 is 1. The zero-order valence-electron chi connectivity index (χ0n) is 7.32. The minimum atomic E-state index is -0.500. The third kappa shape index (κ3) is 6.12. The third-order valence-corrected chi connectivity index (χ3v) is 1.61. The Bertz CT molecular complexity index is 124. The smallest absolute Gasteiger partial charge is 0.305 e. The van der Waals surface area contributed by atoms with Crippen molar-refractivity contribution in [1.82, 2.24) is 0 Å². The second kappa shape index (κ2) is 7.06. The fraction of sp³-hybridized carbons (Fsp3) is 0.875. The zero-order chi connectivity index (χ0) is 9.40. The van der Waals surface area contributed by atoms with E-state index < -0.39 is 6.10 Å². The molecule has 0 saturated carbocycles. The SMILES string of the molecule is COC(=O)CCC[C@H](O)CCO. The van der Waals surface area contributed by atoms with Crippen molar-refractivity contribution < 1.29 is 19.7 Å². The van der Waals surface area contributed by atoms with Crippen LogP contribution >= 0.6 is 0 Å². The number of ether oxygens (including phenoxy) is 1. The molecule has 0 bridgehead atoms. The van der Waals surface area contributed by atoms with Crippen LogP contribution in [0.3, 0.4) is 0 Å². The fourth-order valence-electron chi connectivity index (χ4n) is 0.877. The summed E-state index contributed by atoms with van der Waals surface area (Å²) >= 11 is 0. The van der Waals surface area contributed by atoms with Crippen LogP contribution in [0.4, 0.5) is 0 Å². The molecule has 4 nitrogen and oxygen atoms in total. The zero-order valence-corrected chi connectivity index (χ0v) is 7.32. The molecule has 1 atom stereocenters. The van der Waals surface area contributed by atoms with Gasteiger partial charge >= 0.3 is 5.97 Å². The number of carbonyl (C=O) groups excluding carboxylic acids is 1. The molecule has 0 fully saturated rings. The molecule has 0 rings (SSSR count). The van der Waals surface area contributed by atoms with Crippen LogP contribution in [0.25, 0.3) is 0 Å². The molecule has 0 aromatic heterocycles. The van der Waals surface area contributed by atoms with E-state index in [1.165, 1.54) is 7.11 Å². The lowest BCUT2D eigenvalue weighted by Gasteiger charge is -2.06. The van der Waals surface area contributed by atoms with Crippen LogP contribution in [0, 0.1) is 0 Å². The first-order chi connectivity index (χ1) is 5.70. The van der Waals surface area contributed by atoms with Gasteiger partial charge in [-0.05, 0) is 19.3 Å². The summed E-state index contributed by atoms with van der Waals surface area (Å²) in [6, 6.07) is 0. The summed E-state index contributed by atoms with van der Waals surface area (Å²) in [6.45, 7) is -0.0145. The van der Waals surface area contributed by atoms with Crippen molar-refractivity contribution in [3.05, 3.63) is 0 Å². The Labute approximate surface area is 72.2 Å². The molecule has 0 radical (unpaired) electrons. The van der Waals surface area contributed by atoms with Crippen LogP contribution < -0.4 is 0 Å². The minimum Gasteiger partial charge on any atom is -0.469 e. The Kier molecular flexibility index (Phi) is 6.70. The maximum Gasteiger partial charge on any atom is 0.305 e. The number of aliphatic hydroxyl groups is 2. The van der Waals surface area contributed by atoms with Crippen LogP contribution in [0.1, 0.15) is 25.7 Å². The lowest BCUT2D eigenvalue weighted by atomic mass is 10.1. The van der Waals surface area contributed by atoms with Gasteiger partial charge in [-0.2, -0.15) is 0 Å². The second-order valence-electron chi connectivity index (χ2n) is 2.63. The van der Waals surface area contributed by atoms with Gasteiger partial charge in [-0.25, -0.2) is 0 Å². The highest BCUT2D eigenvalue weighted by Gasteiger charge is 2.05. The molecule has 2 N–H and O–H groups in total. The molecule has 0 aliphatic carbocycles. The largest absolute Gasteiger partial charge is 0.469 e. The monoisotopic (exact) mass is 176 g/mol. The van der Waals surface area contributed by atoms with Crippen LogP contribution in [-0.2, 0) is 9.53 Å². The van der Waals surface area contributed by atoms with Crippen molar-refractivity contribution in [2.24, 2.45) is 0 Å². The Morgan fingerprint density at radius 2 is 2.17 bits per heavy atom. The normalized spacial score (nSPS) is 12.6. The molecule has 0 amide bonds. The number of aliphatic hydroxyl groups excluding tert-OH is 2. The Hall–Kier alpha value is -0.610. The van der Waals surface area contributed by atoms with Gasteiger partial charge in [-0.15, -0.1) is 0 Å². The summed E-state index contributed by atoms with van der Waals surface area (Å²) in [6.07, 6.45) is 1.35. The third-order valence-electron chi connectivity index (χ3n) is 1.61. The molecule has 72 valence electrons. The molecule has 0 heterocycles. The van der Waals surface area contributed by atoms with Crippen LogP contribution in [0.2, 0.25) is 0 Å². The van der Waals surface area contributed by atoms with Gasteiger partial charge in [-0.3, -0.25) is 4.79 Å². The number of hydrogen-bond acceptors (Lipinski definition) is 4. The first kappa shape index (κ1) is 11.4. The second-order valence-corrected chi connectivity index (χ2v) is 2.63. The average molecular weight is 176 g/mol. The molecule has 0 aromatic rings. The summed E-state index contributed by atoms with van der Waals surface area (Å²) in [4.78, 5) is 10.6. The maximum atomic E-state index is 10.6. The van der Waals surface area contributed by atoms with E-state index in [1.807, 2.05) is 0 Å². The summed E-state index contributed by atoms with van der Waals surface area (Å²) in [5, 5.41) is 17.6. The van der Waals surface area contributed by atoms with E-state index in [2.05, 4.69) is 4.74 Å². The van der Waals surface area contributed by atoms with Crippen molar-refractivity contribution in [2.75, 3.05) is 13.7 Å². The molecule has 12 heavy (non-hydrogen) atoms. The van der Waals surface area contributed by atoms with Crippen molar-refractivity contribution in [3.63, 3.8) is 0 Å². The highest BCUT2D eigenvalue weighted by Crippen LogP contribution is 2.04. The van der Waals surface area contributed by atoms with Crippen molar-refractivity contribution in [3.8, 4) is 0 Å². The lowest BCUT2D eigenvalue weighted by molar-refractivity contribution is -0.140. The average Bonchev–Trinajstić information content (AvgIpc) is 2.04. The standard InChI is InChI=1S/C8H16O4/c1-12-8(11)4-2-3-7(10)5-6-9/h7,9-10H,2-6H2,1H3/t7-/m0/s1. The summed E-state index contributed by atoms with van der Waals surface area (Å²) < 4.78 is 4.42. The van der Waals surface area contributed by atoms with Crippen LogP contribution in [0.5, 0.6) is 0 Å². The van der Waals surface area contributed by atoms with Gasteiger partial charge in [0, 0.05) is 13.0 Å². The van der Waals surface area contributed by atoms with Gasteiger partial charge in [0.15, 0.2) is 0 Å². The van der Waals surface area contributed by atoms with Gasteiger partial charge in [-0.1, -0.05) is 0 Å². The molecule has 0 spiro atoms. The van der Waals surface area contributed by atoms with E-state index in [0.29, 0.717) is 25.7 Å².